The van der Waals surface area contributed by atoms with E-state index in [1.807, 2.05) is 18.5 Å². The van der Waals surface area contributed by atoms with Crippen LogP contribution in [0.1, 0.15) is 10.6 Å². The van der Waals surface area contributed by atoms with E-state index < -0.39 is 10.0 Å². The Morgan fingerprint density at radius 1 is 1.13 bits per heavy atom. The van der Waals surface area contributed by atoms with E-state index in [2.05, 4.69) is 9.88 Å². The lowest BCUT2D eigenvalue weighted by Gasteiger charge is -2.31. The number of thiazole rings is 1. The molecule has 1 aromatic heterocycles. The van der Waals surface area contributed by atoms with Gasteiger partial charge in [0, 0.05) is 48.6 Å². The predicted molar refractivity (Wildman–Crippen MR) is 120 cm³/mol. The molecule has 1 aliphatic rings. The van der Waals surface area contributed by atoms with Gasteiger partial charge in [0.1, 0.15) is 5.75 Å². The van der Waals surface area contributed by atoms with Gasteiger partial charge in [0.05, 0.1) is 15.6 Å². The zero-order valence-corrected chi connectivity index (χ0v) is 18.8. The molecule has 1 aliphatic heterocycles. The van der Waals surface area contributed by atoms with Gasteiger partial charge in [0.15, 0.2) is 0 Å². The van der Waals surface area contributed by atoms with E-state index in [1.54, 1.807) is 40.7 Å². The Balaban J connectivity index is 1.54. The van der Waals surface area contributed by atoms with Crippen molar-refractivity contribution in [3.05, 3.63) is 63.4 Å². The summed E-state index contributed by atoms with van der Waals surface area (Å²) in [6.07, 6.45) is 0.512. The number of phenols is 1. The second-order valence-electron chi connectivity index (χ2n) is 7.32. The summed E-state index contributed by atoms with van der Waals surface area (Å²) in [5, 5.41) is 13.3. The number of halogens is 1. The molecular weight excluding hydrogens is 442 g/mol. The Morgan fingerprint density at radius 3 is 2.67 bits per heavy atom. The predicted octanol–water partition coefficient (Wildman–Crippen LogP) is 3.70. The topological polar surface area (TPSA) is 73.7 Å². The van der Waals surface area contributed by atoms with Crippen molar-refractivity contribution in [2.75, 3.05) is 33.2 Å². The maximum Gasteiger partial charge on any atom is 0.243 e. The Bertz CT molecular complexity index is 1160. The molecule has 0 bridgehead atoms. The second-order valence-corrected chi connectivity index (χ2v) is 10.6. The molecular formula is C21H22ClN3O3S2. The van der Waals surface area contributed by atoms with Crippen molar-refractivity contribution in [1.82, 2.24) is 14.2 Å². The summed E-state index contributed by atoms with van der Waals surface area (Å²) in [5.41, 5.74) is 2.11. The van der Waals surface area contributed by atoms with Gasteiger partial charge < -0.3 is 10.0 Å². The van der Waals surface area contributed by atoms with Crippen LogP contribution in [0.15, 0.2) is 52.7 Å². The van der Waals surface area contributed by atoms with Crippen LogP contribution in [0.2, 0.25) is 5.02 Å². The van der Waals surface area contributed by atoms with Gasteiger partial charge in [-0.3, -0.25) is 0 Å². The number of sulfonamides is 1. The van der Waals surface area contributed by atoms with Crippen LogP contribution in [-0.4, -0.2) is 60.9 Å². The van der Waals surface area contributed by atoms with E-state index in [9.17, 15) is 13.5 Å². The number of likely N-dealkylation sites (N-methyl/N-ethyl adjacent to an activating group) is 1. The monoisotopic (exact) mass is 463 g/mol. The highest BCUT2D eigenvalue weighted by molar-refractivity contribution is 7.89. The van der Waals surface area contributed by atoms with E-state index in [1.165, 1.54) is 11.3 Å². The molecule has 30 heavy (non-hydrogen) atoms. The van der Waals surface area contributed by atoms with Crippen molar-refractivity contribution >= 4 is 33.0 Å². The summed E-state index contributed by atoms with van der Waals surface area (Å²) in [7, 11) is -1.51. The maximum atomic E-state index is 13.0. The van der Waals surface area contributed by atoms with E-state index in [0.29, 0.717) is 40.7 Å². The molecule has 1 fully saturated rings. The van der Waals surface area contributed by atoms with Crippen LogP contribution in [-0.2, 0) is 16.4 Å². The Labute approximate surface area is 185 Å². The molecule has 0 unspecified atom stereocenters. The van der Waals surface area contributed by atoms with Gasteiger partial charge in [-0.1, -0.05) is 23.7 Å². The molecule has 0 aliphatic carbocycles. The normalized spacial score (nSPS) is 16.1. The fraction of sp³-hybridized carbons (Fsp3) is 0.286. The average molecular weight is 464 g/mol. The Kier molecular flexibility index (Phi) is 6.13. The number of hydrogen-bond acceptors (Lipinski definition) is 6. The molecule has 0 spiro atoms. The highest BCUT2D eigenvalue weighted by Crippen LogP contribution is 2.33. The number of piperazine rings is 1. The highest BCUT2D eigenvalue weighted by atomic mass is 35.5. The van der Waals surface area contributed by atoms with Crippen LogP contribution in [0.4, 0.5) is 0 Å². The third-order valence-corrected chi connectivity index (χ3v) is 8.12. The summed E-state index contributed by atoms with van der Waals surface area (Å²) < 4.78 is 27.6. The molecule has 4 rings (SSSR count). The van der Waals surface area contributed by atoms with Crippen molar-refractivity contribution in [2.24, 2.45) is 0 Å². The third-order valence-electron chi connectivity index (χ3n) is 5.14. The first-order chi connectivity index (χ1) is 14.3. The maximum absolute atomic E-state index is 13.0. The molecule has 158 valence electrons. The number of nitrogens with zero attached hydrogens (tertiary/aromatic N) is 3. The number of hydrogen-bond donors (Lipinski definition) is 1. The first-order valence-electron chi connectivity index (χ1n) is 9.54. The lowest BCUT2D eigenvalue weighted by Crippen LogP contribution is -2.47. The number of aromatic nitrogens is 1. The molecule has 2 heterocycles. The molecule has 9 heteroatoms. The van der Waals surface area contributed by atoms with Crippen molar-refractivity contribution in [2.45, 2.75) is 11.3 Å². The summed E-state index contributed by atoms with van der Waals surface area (Å²) in [4.78, 5) is 7.04. The molecule has 0 amide bonds. The summed E-state index contributed by atoms with van der Waals surface area (Å²) >= 11 is 7.50. The van der Waals surface area contributed by atoms with Gasteiger partial charge in [0.25, 0.3) is 0 Å². The lowest BCUT2D eigenvalue weighted by atomic mass is 10.1. The first kappa shape index (κ1) is 21.3. The minimum Gasteiger partial charge on any atom is -0.507 e. The summed E-state index contributed by atoms with van der Waals surface area (Å²) in [6, 6.07) is 11.9. The van der Waals surface area contributed by atoms with Crippen molar-refractivity contribution in [3.8, 4) is 17.0 Å². The van der Waals surface area contributed by atoms with Crippen LogP contribution in [0, 0.1) is 0 Å². The molecule has 1 saturated heterocycles. The zero-order valence-electron chi connectivity index (χ0n) is 16.5. The largest absolute Gasteiger partial charge is 0.507 e. The minimum absolute atomic E-state index is 0.122. The SMILES string of the molecule is CN1CCN(S(=O)(=O)c2cccc(Cc3nc(-c4cc(Cl)ccc4O)cs3)c2)CC1. The fourth-order valence-corrected chi connectivity index (χ4v) is 5.89. The Morgan fingerprint density at radius 2 is 1.90 bits per heavy atom. The third kappa shape index (κ3) is 4.53. The van der Waals surface area contributed by atoms with Gasteiger partial charge >= 0.3 is 0 Å². The number of phenolic OH excluding ortho intramolecular Hbond substituents is 1. The second kappa shape index (κ2) is 8.64. The van der Waals surface area contributed by atoms with E-state index >= 15 is 0 Å². The van der Waals surface area contributed by atoms with Crippen molar-refractivity contribution in [3.63, 3.8) is 0 Å². The van der Waals surface area contributed by atoms with Gasteiger partial charge in [-0.05, 0) is 42.9 Å². The smallest absolute Gasteiger partial charge is 0.243 e. The lowest BCUT2D eigenvalue weighted by molar-refractivity contribution is 0.222. The van der Waals surface area contributed by atoms with Gasteiger partial charge in [-0.15, -0.1) is 11.3 Å². The van der Waals surface area contributed by atoms with Crippen LogP contribution < -0.4 is 0 Å². The van der Waals surface area contributed by atoms with E-state index in [4.69, 9.17) is 11.6 Å². The summed E-state index contributed by atoms with van der Waals surface area (Å²) in [5.74, 6) is 0.122. The minimum atomic E-state index is -3.51. The van der Waals surface area contributed by atoms with Gasteiger partial charge in [-0.25, -0.2) is 13.4 Å². The zero-order chi connectivity index (χ0) is 21.3. The van der Waals surface area contributed by atoms with E-state index in [-0.39, 0.29) is 5.75 Å². The standard InChI is InChI=1S/C21H22ClN3O3S2/c1-24-7-9-25(10-8-24)30(27,28)17-4-2-3-15(11-17)12-21-23-19(14-29-21)18-13-16(22)5-6-20(18)26/h2-6,11,13-14,26H,7-10,12H2,1H3. The highest BCUT2D eigenvalue weighted by Gasteiger charge is 2.27. The molecule has 0 saturated carbocycles. The van der Waals surface area contributed by atoms with Crippen LogP contribution >= 0.6 is 22.9 Å². The quantitative estimate of drug-likeness (QED) is 0.624. The Hall–Kier alpha value is -1.97. The molecule has 0 radical (unpaired) electrons. The molecule has 0 atom stereocenters. The molecule has 6 nitrogen and oxygen atoms in total. The number of aromatic hydroxyl groups is 1. The number of rotatable bonds is 5. The number of benzene rings is 2. The van der Waals surface area contributed by atoms with Crippen molar-refractivity contribution < 1.29 is 13.5 Å². The van der Waals surface area contributed by atoms with Crippen LogP contribution in [0.5, 0.6) is 5.75 Å². The average Bonchev–Trinajstić information content (AvgIpc) is 3.18. The first-order valence-corrected chi connectivity index (χ1v) is 12.2. The fourth-order valence-electron chi connectivity index (χ4n) is 3.40. The van der Waals surface area contributed by atoms with Crippen LogP contribution in [0.3, 0.4) is 0 Å². The molecule has 3 aromatic rings. The van der Waals surface area contributed by atoms with Crippen LogP contribution in [0.25, 0.3) is 11.3 Å². The van der Waals surface area contributed by atoms with Gasteiger partial charge in [-0.2, -0.15) is 4.31 Å². The van der Waals surface area contributed by atoms with Crippen molar-refractivity contribution in [1.29, 1.82) is 0 Å². The van der Waals surface area contributed by atoms with E-state index in [0.717, 1.165) is 23.7 Å². The molecule has 2 aromatic carbocycles. The van der Waals surface area contributed by atoms with Gasteiger partial charge in [0.2, 0.25) is 10.0 Å². The summed E-state index contributed by atoms with van der Waals surface area (Å²) in [6.45, 7) is 2.47. The molecule has 1 N–H and O–H groups in total.